The quantitative estimate of drug-likeness (QED) is 0.879. The van der Waals surface area contributed by atoms with Crippen molar-refractivity contribution in [3.63, 3.8) is 0 Å². The molecule has 0 atom stereocenters. The van der Waals surface area contributed by atoms with E-state index in [1.165, 1.54) is 5.56 Å². The Morgan fingerprint density at radius 2 is 1.94 bits per heavy atom. The molecule has 4 nitrogen and oxygen atoms in total. The van der Waals surface area contributed by atoms with Gasteiger partial charge in [-0.2, -0.15) is 9.78 Å². The van der Waals surface area contributed by atoms with Crippen LogP contribution in [0.5, 0.6) is 0 Å². The number of hydrogen-bond acceptors (Lipinski definition) is 3. The predicted molar refractivity (Wildman–Crippen MR) is 73.8 cm³/mol. The molecule has 96 valence electrons. The molecule has 2 aromatic heterocycles. The number of anilines is 1. The smallest absolute Gasteiger partial charge is 0.155 e. The van der Waals surface area contributed by atoms with E-state index in [9.17, 15) is 0 Å². The van der Waals surface area contributed by atoms with Gasteiger partial charge in [0.2, 0.25) is 0 Å². The van der Waals surface area contributed by atoms with Gasteiger partial charge in [0.15, 0.2) is 5.82 Å². The van der Waals surface area contributed by atoms with Crippen LogP contribution >= 0.6 is 0 Å². The third-order valence-electron chi connectivity index (χ3n) is 2.96. The molecule has 0 bridgehead atoms. The maximum atomic E-state index is 6.21. The van der Waals surface area contributed by atoms with Gasteiger partial charge in [0.1, 0.15) is 5.82 Å². The summed E-state index contributed by atoms with van der Waals surface area (Å²) < 4.78 is 1.76. The second-order valence-electron chi connectivity index (χ2n) is 4.41. The molecule has 0 saturated heterocycles. The van der Waals surface area contributed by atoms with E-state index >= 15 is 0 Å². The average Bonchev–Trinajstić information content (AvgIpc) is 2.70. The Hall–Kier alpha value is -1.84. The molecule has 0 amide bonds. The van der Waals surface area contributed by atoms with Crippen LogP contribution in [0, 0.1) is 0 Å². The second kappa shape index (κ2) is 5.67. The SMILES string of the molecule is CCCc1nn(-c2ccccn2)c(N)c1CCC. The van der Waals surface area contributed by atoms with Crippen molar-refractivity contribution >= 4 is 5.82 Å². The summed E-state index contributed by atoms with van der Waals surface area (Å²) in [5, 5.41) is 4.62. The highest BCUT2D eigenvalue weighted by molar-refractivity contribution is 5.48. The van der Waals surface area contributed by atoms with E-state index in [2.05, 4.69) is 23.9 Å². The highest BCUT2D eigenvalue weighted by Crippen LogP contribution is 2.22. The van der Waals surface area contributed by atoms with Crippen molar-refractivity contribution in [2.75, 3.05) is 5.73 Å². The minimum absolute atomic E-state index is 0.735. The van der Waals surface area contributed by atoms with Crippen molar-refractivity contribution in [2.45, 2.75) is 39.5 Å². The van der Waals surface area contributed by atoms with Crippen LogP contribution in [-0.2, 0) is 12.8 Å². The van der Waals surface area contributed by atoms with Crippen molar-refractivity contribution in [2.24, 2.45) is 0 Å². The molecule has 0 saturated carbocycles. The van der Waals surface area contributed by atoms with E-state index in [-0.39, 0.29) is 0 Å². The van der Waals surface area contributed by atoms with Gasteiger partial charge in [-0.05, 0) is 25.0 Å². The molecular formula is C14H20N4. The summed E-state index contributed by atoms with van der Waals surface area (Å²) in [6, 6.07) is 5.76. The first-order valence-corrected chi connectivity index (χ1v) is 6.55. The van der Waals surface area contributed by atoms with Gasteiger partial charge in [-0.1, -0.05) is 32.8 Å². The molecule has 2 heterocycles. The van der Waals surface area contributed by atoms with Crippen LogP contribution in [0.15, 0.2) is 24.4 Å². The Balaban J connectivity index is 2.46. The van der Waals surface area contributed by atoms with Gasteiger partial charge in [-0.25, -0.2) is 4.98 Å². The summed E-state index contributed by atoms with van der Waals surface area (Å²) in [5.74, 6) is 1.52. The van der Waals surface area contributed by atoms with Crippen molar-refractivity contribution in [3.8, 4) is 5.82 Å². The third kappa shape index (κ3) is 2.37. The first kappa shape index (κ1) is 12.6. The lowest BCUT2D eigenvalue weighted by Gasteiger charge is -2.03. The molecule has 0 aliphatic carbocycles. The molecule has 2 rings (SSSR count). The molecule has 0 radical (unpaired) electrons. The highest BCUT2D eigenvalue weighted by atomic mass is 15.3. The Kier molecular flexibility index (Phi) is 3.97. The van der Waals surface area contributed by atoms with Crippen LogP contribution in [0.1, 0.15) is 37.9 Å². The molecule has 0 aromatic carbocycles. The Morgan fingerprint density at radius 3 is 2.56 bits per heavy atom. The van der Waals surface area contributed by atoms with Gasteiger partial charge in [0.25, 0.3) is 0 Å². The monoisotopic (exact) mass is 244 g/mol. The molecule has 0 spiro atoms. The molecule has 0 fully saturated rings. The maximum Gasteiger partial charge on any atom is 0.155 e. The van der Waals surface area contributed by atoms with Gasteiger partial charge in [0.05, 0.1) is 5.69 Å². The zero-order valence-corrected chi connectivity index (χ0v) is 11.1. The number of hydrogen-bond donors (Lipinski definition) is 1. The van der Waals surface area contributed by atoms with Crippen LogP contribution in [0.2, 0.25) is 0 Å². The molecule has 18 heavy (non-hydrogen) atoms. The van der Waals surface area contributed by atoms with Crippen LogP contribution in [0.25, 0.3) is 5.82 Å². The first-order chi connectivity index (χ1) is 8.77. The second-order valence-corrected chi connectivity index (χ2v) is 4.41. The first-order valence-electron chi connectivity index (χ1n) is 6.55. The van der Waals surface area contributed by atoms with Gasteiger partial charge in [0, 0.05) is 11.8 Å². The summed E-state index contributed by atoms with van der Waals surface area (Å²) in [7, 11) is 0. The number of nitrogen functional groups attached to an aromatic ring is 1. The Labute approximate surface area is 108 Å². The molecule has 4 heteroatoms. The van der Waals surface area contributed by atoms with E-state index in [0.29, 0.717) is 0 Å². The number of aryl methyl sites for hydroxylation is 1. The Morgan fingerprint density at radius 1 is 1.17 bits per heavy atom. The summed E-state index contributed by atoms with van der Waals surface area (Å²) in [5.41, 5.74) is 8.51. The lowest BCUT2D eigenvalue weighted by molar-refractivity contribution is 0.790. The zero-order valence-electron chi connectivity index (χ0n) is 11.1. The van der Waals surface area contributed by atoms with Crippen molar-refractivity contribution < 1.29 is 0 Å². The van der Waals surface area contributed by atoms with Gasteiger partial charge >= 0.3 is 0 Å². The number of pyridine rings is 1. The Bertz CT molecular complexity index is 502. The minimum atomic E-state index is 0.735. The summed E-state index contributed by atoms with van der Waals surface area (Å²) >= 11 is 0. The zero-order chi connectivity index (χ0) is 13.0. The molecule has 0 unspecified atom stereocenters. The molecule has 0 aliphatic rings. The fourth-order valence-corrected chi connectivity index (χ4v) is 2.12. The minimum Gasteiger partial charge on any atom is -0.383 e. The van der Waals surface area contributed by atoms with E-state index < -0.39 is 0 Å². The molecule has 2 aromatic rings. The standard InChI is InChI=1S/C14H20N4/c1-3-7-11-12(8-4-2)17-18(14(11)15)13-9-5-6-10-16-13/h5-6,9-10H,3-4,7-8,15H2,1-2H3. The highest BCUT2D eigenvalue weighted by Gasteiger charge is 2.15. The van der Waals surface area contributed by atoms with Gasteiger partial charge < -0.3 is 5.73 Å². The van der Waals surface area contributed by atoms with Crippen LogP contribution in [0.3, 0.4) is 0 Å². The number of nitrogens with two attached hydrogens (primary N) is 1. The molecular weight excluding hydrogens is 224 g/mol. The summed E-state index contributed by atoms with van der Waals surface area (Å²) in [6.45, 7) is 4.32. The van der Waals surface area contributed by atoms with Gasteiger partial charge in [-0.3, -0.25) is 0 Å². The average molecular weight is 244 g/mol. The fourth-order valence-electron chi connectivity index (χ4n) is 2.12. The number of aromatic nitrogens is 3. The van der Waals surface area contributed by atoms with Crippen molar-refractivity contribution in [1.82, 2.24) is 14.8 Å². The van der Waals surface area contributed by atoms with Crippen LogP contribution in [0.4, 0.5) is 5.82 Å². The maximum absolute atomic E-state index is 6.21. The predicted octanol–water partition coefficient (Wildman–Crippen LogP) is 2.75. The van der Waals surface area contributed by atoms with Gasteiger partial charge in [-0.15, -0.1) is 0 Å². The summed E-state index contributed by atoms with van der Waals surface area (Å²) in [6.07, 6.45) is 5.87. The van der Waals surface area contributed by atoms with E-state index in [1.807, 2.05) is 18.2 Å². The summed E-state index contributed by atoms with van der Waals surface area (Å²) in [4.78, 5) is 4.30. The third-order valence-corrected chi connectivity index (χ3v) is 2.96. The largest absolute Gasteiger partial charge is 0.383 e. The van der Waals surface area contributed by atoms with E-state index in [4.69, 9.17) is 5.73 Å². The topological polar surface area (TPSA) is 56.7 Å². The number of rotatable bonds is 5. The normalized spacial score (nSPS) is 10.8. The number of nitrogens with zero attached hydrogens (tertiary/aromatic N) is 3. The van der Waals surface area contributed by atoms with E-state index in [0.717, 1.165) is 43.0 Å². The molecule has 0 aliphatic heterocycles. The van der Waals surface area contributed by atoms with Crippen LogP contribution < -0.4 is 5.73 Å². The van der Waals surface area contributed by atoms with Crippen molar-refractivity contribution in [3.05, 3.63) is 35.7 Å². The van der Waals surface area contributed by atoms with Crippen LogP contribution in [-0.4, -0.2) is 14.8 Å². The lowest BCUT2D eigenvalue weighted by Crippen LogP contribution is -2.04. The lowest BCUT2D eigenvalue weighted by atomic mass is 10.1. The van der Waals surface area contributed by atoms with E-state index in [1.54, 1.807) is 10.9 Å². The van der Waals surface area contributed by atoms with Crippen molar-refractivity contribution in [1.29, 1.82) is 0 Å². The fraction of sp³-hybridized carbons (Fsp3) is 0.429. The molecule has 2 N–H and O–H groups in total.